The molecule has 0 saturated carbocycles. The summed E-state index contributed by atoms with van der Waals surface area (Å²) in [5, 5.41) is 2.11. The number of ether oxygens (including phenoxy) is 1. The summed E-state index contributed by atoms with van der Waals surface area (Å²) in [4.78, 5) is 1.41. The first-order valence-corrected chi connectivity index (χ1v) is 5.11. The lowest BCUT2D eigenvalue weighted by molar-refractivity contribution is -0.0432. The Morgan fingerprint density at radius 1 is 1.67 bits per heavy atom. The van der Waals surface area contributed by atoms with Crippen LogP contribution in [-0.2, 0) is 4.74 Å². The minimum atomic E-state index is 0.527. The van der Waals surface area contributed by atoms with Gasteiger partial charge < -0.3 is 10.5 Å². The summed E-state index contributed by atoms with van der Waals surface area (Å²) >= 11 is 1.80. The van der Waals surface area contributed by atoms with Crippen molar-refractivity contribution in [2.75, 3.05) is 19.8 Å². The van der Waals surface area contributed by atoms with Crippen LogP contribution in [0.2, 0.25) is 0 Å². The third-order valence-corrected chi connectivity index (χ3v) is 3.40. The van der Waals surface area contributed by atoms with Gasteiger partial charge in [0.05, 0.1) is 13.2 Å². The van der Waals surface area contributed by atoms with Crippen molar-refractivity contribution in [2.45, 2.75) is 5.92 Å². The largest absolute Gasteiger partial charge is 0.381 e. The molecule has 1 atom stereocenters. The van der Waals surface area contributed by atoms with E-state index in [9.17, 15) is 0 Å². The first-order chi connectivity index (χ1) is 5.92. The molecule has 2 nitrogen and oxygen atoms in total. The maximum Gasteiger partial charge on any atom is 0.0523 e. The van der Waals surface area contributed by atoms with Gasteiger partial charge in [-0.25, -0.2) is 0 Å². The van der Waals surface area contributed by atoms with Crippen LogP contribution in [0.15, 0.2) is 17.5 Å². The van der Waals surface area contributed by atoms with E-state index >= 15 is 0 Å². The molecular weight excluding hydrogens is 170 g/mol. The third-order valence-electron chi connectivity index (χ3n) is 2.40. The van der Waals surface area contributed by atoms with Crippen LogP contribution in [0.1, 0.15) is 10.8 Å². The Labute approximate surface area is 76.3 Å². The molecule has 1 unspecified atom stereocenters. The van der Waals surface area contributed by atoms with Crippen molar-refractivity contribution in [1.82, 2.24) is 0 Å². The average Bonchev–Trinajstić information content (AvgIpc) is 2.47. The van der Waals surface area contributed by atoms with Crippen LogP contribution in [0, 0.1) is 5.92 Å². The van der Waals surface area contributed by atoms with Crippen molar-refractivity contribution in [3.8, 4) is 0 Å². The van der Waals surface area contributed by atoms with Gasteiger partial charge in [-0.15, -0.1) is 11.3 Å². The summed E-state index contributed by atoms with van der Waals surface area (Å²) < 4.78 is 5.16. The molecule has 1 aromatic heterocycles. The quantitative estimate of drug-likeness (QED) is 0.769. The van der Waals surface area contributed by atoms with Crippen LogP contribution >= 0.6 is 11.3 Å². The highest BCUT2D eigenvalue weighted by Gasteiger charge is 2.28. The predicted octanol–water partition coefficient (Wildman–Crippen LogP) is 1.44. The number of thiophene rings is 1. The first kappa shape index (κ1) is 8.23. The molecule has 0 aliphatic carbocycles. The summed E-state index contributed by atoms with van der Waals surface area (Å²) in [6.07, 6.45) is 0. The van der Waals surface area contributed by atoms with Crippen molar-refractivity contribution < 1.29 is 4.74 Å². The SMILES string of the molecule is NCC(c1cccs1)C1COC1. The van der Waals surface area contributed by atoms with Crippen LogP contribution < -0.4 is 5.73 Å². The van der Waals surface area contributed by atoms with Gasteiger partial charge in [-0.2, -0.15) is 0 Å². The molecule has 3 heteroatoms. The zero-order valence-corrected chi connectivity index (χ0v) is 7.72. The van der Waals surface area contributed by atoms with Crippen LogP contribution in [0.3, 0.4) is 0 Å². The highest BCUT2D eigenvalue weighted by atomic mass is 32.1. The average molecular weight is 183 g/mol. The number of nitrogens with two attached hydrogens (primary N) is 1. The topological polar surface area (TPSA) is 35.2 Å². The lowest BCUT2D eigenvalue weighted by Gasteiger charge is -2.32. The van der Waals surface area contributed by atoms with Crippen molar-refractivity contribution in [2.24, 2.45) is 11.7 Å². The predicted molar refractivity (Wildman–Crippen MR) is 50.4 cm³/mol. The monoisotopic (exact) mass is 183 g/mol. The molecule has 0 radical (unpaired) electrons. The Kier molecular flexibility index (Phi) is 2.44. The molecule has 1 aliphatic rings. The van der Waals surface area contributed by atoms with Gasteiger partial charge in [0.25, 0.3) is 0 Å². The van der Waals surface area contributed by atoms with Gasteiger partial charge in [-0.05, 0) is 11.4 Å². The van der Waals surface area contributed by atoms with Crippen LogP contribution in [-0.4, -0.2) is 19.8 Å². The molecule has 1 fully saturated rings. The maximum atomic E-state index is 5.73. The van der Waals surface area contributed by atoms with Gasteiger partial charge >= 0.3 is 0 Å². The Balaban J connectivity index is 2.07. The standard InChI is InChI=1S/C9H13NOS/c10-4-8(7-5-11-6-7)9-2-1-3-12-9/h1-3,7-8H,4-6,10H2. The Hall–Kier alpha value is -0.380. The van der Waals surface area contributed by atoms with Gasteiger partial charge in [0.1, 0.15) is 0 Å². The van der Waals surface area contributed by atoms with E-state index < -0.39 is 0 Å². The molecular formula is C9H13NOS. The van der Waals surface area contributed by atoms with Gasteiger partial charge in [0, 0.05) is 23.3 Å². The van der Waals surface area contributed by atoms with Crippen molar-refractivity contribution in [3.05, 3.63) is 22.4 Å². The second-order valence-electron chi connectivity index (χ2n) is 3.16. The van der Waals surface area contributed by atoms with E-state index in [-0.39, 0.29) is 0 Å². The number of rotatable bonds is 3. The summed E-state index contributed by atoms with van der Waals surface area (Å²) in [7, 11) is 0. The molecule has 1 aliphatic heterocycles. The van der Waals surface area contributed by atoms with Crippen molar-refractivity contribution in [3.63, 3.8) is 0 Å². The van der Waals surface area contributed by atoms with Crippen LogP contribution in [0.5, 0.6) is 0 Å². The van der Waals surface area contributed by atoms with Crippen LogP contribution in [0.25, 0.3) is 0 Å². The summed E-state index contributed by atoms with van der Waals surface area (Å²) in [6, 6.07) is 4.25. The Bertz CT molecular complexity index is 231. The van der Waals surface area contributed by atoms with Crippen molar-refractivity contribution >= 4 is 11.3 Å². The smallest absolute Gasteiger partial charge is 0.0523 e. The lowest BCUT2D eigenvalue weighted by atomic mass is 9.89. The van der Waals surface area contributed by atoms with E-state index in [1.165, 1.54) is 4.88 Å². The lowest BCUT2D eigenvalue weighted by Crippen LogP contribution is -2.36. The second-order valence-corrected chi connectivity index (χ2v) is 4.13. The van der Waals surface area contributed by atoms with Gasteiger partial charge in [-0.1, -0.05) is 6.07 Å². The highest BCUT2D eigenvalue weighted by molar-refractivity contribution is 7.10. The highest BCUT2D eigenvalue weighted by Crippen LogP contribution is 2.31. The van der Waals surface area contributed by atoms with Gasteiger partial charge in [0.2, 0.25) is 0 Å². The van der Waals surface area contributed by atoms with Gasteiger partial charge in [0.15, 0.2) is 0 Å². The second kappa shape index (κ2) is 3.56. The normalized spacial score (nSPS) is 20.4. The molecule has 2 heterocycles. The molecule has 2 N–H and O–H groups in total. The fraction of sp³-hybridized carbons (Fsp3) is 0.556. The van der Waals surface area contributed by atoms with Crippen molar-refractivity contribution in [1.29, 1.82) is 0 Å². The van der Waals surface area contributed by atoms with E-state index in [2.05, 4.69) is 17.5 Å². The number of hydrogen-bond donors (Lipinski definition) is 1. The molecule has 0 bridgehead atoms. The Morgan fingerprint density at radius 3 is 2.92 bits per heavy atom. The fourth-order valence-electron chi connectivity index (χ4n) is 1.53. The van der Waals surface area contributed by atoms with E-state index in [1.807, 2.05) is 0 Å². The molecule has 0 aromatic carbocycles. The number of hydrogen-bond acceptors (Lipinski definition) is 3. The van der Waals surface area contributed by atoms with Gasteiger partial charge in [-0.3, -0.25) is 0 Å². The molecule has 0 spiro atoms. The van der Waals surface area contributed by atoms with E-state index in [1.54, 1.807) is 11.3 Å². The molecule has 12 heavy (non-hydrogen) atoms. The summed E-state index contributed by atoms with van der Waals surface area (Å²) in [5.41, 5.74) is 5.73. The Morgan fingerprint density at radius 2 is 2.50 bits per heavy atom. The zero-order valence-electron chi connectivity index (χ0n) is 6.90. The van der Waals surface area contributed by atoms with E-state index in [4.69, 9.17) is 10.5 Å². The minimum absolute atomic E-state index is 0.527. The van der Waals surface area contributed by atoms with E-state index in [0.29, 0.717) is 11.8 Å². The molecule has 1 aromatic rings. The summed E-state index contributed by atoms with van der Waals surface area (Å²) in [5.74, 6) is 1.19. The maximum absolute atomic E-state index is 5.73. The first-order valence-electron chi connectivity index (χ1n) is 4.23. The fourth-order valence-corrected chi connectivity index (χ4v) is 2.46. The van der Waals surface area contributed by atoms with E-state index in [0.717, 1.165) is 19.8 Å². The molecule has 1 saturated heterocycles. The molecule has 2 rings (SSSR count). The molecule has 66 valence electrons. The van der Waals surface area contributed by atoms with Crippen LogP contribution in [0.4, 0.5) is 0 Å². The summed E-state index contributed by atoms with van der Waals surface area (Å²) in [6.45, 7) is 2.52. The minimum Gasteiger partial charge on any atom is -0.381 e. The zero-order chi connectivity index (χ0) is 8.39. The molecule has 0 amide bonds. The third kappa shape index (κ3) is 1.40.